The molecular formula is C13H12BrN3O2. The van der Waals surface area contributed by atoms with Gasteiger partial charge in [0.25, 0.3) is 0 Å². The zero-order chi connectivity index (χ0) is 13.8. The molecule has 0 saturated carbocycles. The van der Waals surface area contributed by atoms with Crippen LogP contribution in [-0.4, -0.2) is 15.8 Å². The van der Waals surface area contributed by atoms with Crippen LogP contribution in [0.1, 0.15) is 23.1 Å². The summed E-state index contributed by atoms with van der Waals surface area (Å²) >= 11 is 3.30. The lowest BCUT2D eigenvalue weighted by Crippen LogP contribution is -2.06. The van der Waals surface area contributed by atoms with Crippen molar-refractivity contribution in [3.63, 3.8) is 0 Å². The van der Waals surface area contributed by atoms with Gasteiger partial charge in [0, 0.05) is 16.9 Å². The topological polar surface area (TPSA) is 78.1 Å². The number of carbonyl (C=O) groups excluding carboxylic acids is 1. The third-order valence-electron chi connectivity index (χ3n) is 2.43. The normalized spacial score (nSPS) is 10.2. The molecule has 0 fully saturated rings. The maximum atomic E-state index is 11.6. The van der Waals surface area contributed by atoms with Crippen molar-refractivity contribution in [3.8, 4) is 5.75 Å². The summed E-state index contributed by atoms with van der Waals surface area (Å²) in [6.45, 7) is 1.63. The molecule has 1 aromatic carbocycles. The van der Waals surface area contributed by atoms with Crippen molar-refractivity contribution >= 4 is 27.4 Å². The molecule has 0 aliphatic carbocycles. The van der Waals surface area contributed by atoms with Gasteiger partial charge in [-0.15, -0.1) is 0 Å². The second-order valence-electron chi connectivity index (χ2n) is 3.88. The molecule has 0 atom stereocenters. The smallest absolute Gasteiger partial charge is 0.166 e. The standard InChI is InChI=1S/C13H12BrN3O2/c1-8(18)10-5-9(14)6-11(15)13(10)19-7-12-16-3-2-4-17-12/h2-6H,7,15H2,1H3. The van der Waals surface area contributed by atoms with Gasteiger partial charge in [-0.25, -0.2) is 9.97 Å². The fourth-order valence-electron chi connectivity index (χ4n) is 1.58. The van der Waals surface area contributed by atoms with E-state index in [2.05, 4.69) is 25.9 Å². The Kier molecular flexibility index (Phi) is 4.11. The van der Waals surface area contributed by atoms with Crippen LogP contribution in [0.3, 0.4) is 0 Å². The van der Waals surface area contributed by atoms with Crippen molar-refractivity contribution in [2.75, 3.05) is 5.73 Å². The van der Waals surface area contributed by atoms with Gasteiger partial charge in [0.15, 0.2) is 17.4 Å². The molecule has 2 aromatic rings. The number of nitrogens with zero attached hydrogens (tertiary/aromatic N) is 2. The van der Waals surface area contributed by atoms with E-state index >= 15 is 0 Å². The first-order valence-electron chi connectivity index (χ1n) is 5.56. The summed E-state index contributed by atoms with van der Waals surface area (Å²) in [5, 5.41) is 0. The van der Waals surface area contributed by atoms with Crippen LogP contribution in [0.5, 0.6) is 5.75 Å². The number of anilines is 1. The number of halogens is 1. The van der Waals surface area contributed by atoms with Crippen molar-refractivity contribution in [2.24, 2.45) is 0 Å². The number of Topliss-reactive ketones (excluding diaryl/α,β-unsaturated/α-hetero) is 1. The van der Waals surface area contributed by atoms with Crippen molar-refractivity contribution in [2.45, 2.75) is 13.5 Å². The van der Waals surface area contributed by atoms with Gasteiger partial charge in [-0.3, -0.25) is 4.79 Å². The third kappa shape index (κ3) is 3.29. The quantitative estimate of drug-likeness (QED) is 0.691. The van der Waals surface area contributed by atoms with Gasteiger partial charge in [0.05, 0.1) is 11.3 Å². The van der Waals surface area contributed by atoms with E-state index < -0.39 is 0 Å². The average molecular weight is 322 g/mol. The molecule has 0 amide bonds. The fourth-order valence-corrected chi connectivity index (χ4v) is 2.05. The summed E-state index contributed by atoms with van der Waals surface area (Å²) < 4.78 is 6.31. The molecule has 5 nitrogen and oxygen atoms in total. The predicted octanol–water partition coefficient (Wildman–Crippen LogP) is 2.60. The molecule has 0 aliphatic heterocycles. The maximum absolute atomic E-state index is 11.6. The van der Waals surface area contributed by atoms with Crippen LogP contribution in [0.15, 0.2) is 35.1 Å². The molecule has 0 bridgehead atoms. The highest BCUT2D eigenvalue weighted by molar-refractivity contribution is 9.10. The van der Waals surface area contributed by atoms with Gasteiger partial charge >= 0.3 is 0 Å². The summed E-state index contributed by atoms with van der Waals surface area (Å²) in [4.78, 5) is 19.7. The van der Waals surface area contributed by atoms with Gasteiger partial charge in [0.1, 0.15) is 6.61 Å². The molecule has 0 aliphatic rings. The molecule has 2 rings (SSSR count). The molecule has 2 N–H and O–H groups in total. The second-order valence-corrected chi connectivity index (χ2v) is 4.80. The number of ketones is 1. The van der Waals surface area contributed by atoms with Crippen LogP contribution in [0.25, 0.3) is 0 Å². The number of ether oxygens (including phenoxy) is 1. The molecule has 19 heavy (non-hydrogen) atoms. The number of aromatic nitrogens is 2. The fraction of sp³-hybridized carbons (Fsp3) is 0.154. The largest absolute Gasteiger partial charge is 0.483 e. The summed E-state index contributed by atoms with van der Waals surface area (Å²) in [5.74, 6) is 0.777. The number of nitrogen functional groups attached to an aromatic ring is 1. The van der Waals surface area contributed by atoms with E-state index in [-0.39, 0.29) is 12.4 Å². The minimum atomic E-state index is -0.114. The van der Waals surface area contributed by atoms with Crippen LogP contribution in [0.4, 0.5) is 5.69 Å². The summed E-state index contributed by atoms with van der Waals surface area (Å²) in [7, 11) is 0. The van der Waals surface area contributed by atoms with Crippen molar-refractivity contribution < 1.29 is 9.53 Å². The van der Waals surface area contributed by atoms with Crippen LogP contribution < -0.4 is 10.5 Å². The van der Waals surface area contributed by atoms with E-state index in [0.29, 0.717) is 22.8 Å². The average Bonchev–Trinajstić information content (AvgIpc) is 2.38. The minimum absolute atomic E-state index is 0.114. The van der Waals surface area contributed by atoms with Crippen LogP contribution in [-0.2, 0) is 6.61 Å². The van der Waals surface area contributed by atoms with Gasteiger partial charge in [-0.05, 0) is 25.1 Å². The Bertz CT molecular complexity index is 602. The number of hydrogen-bond donors (Lipinski definition) is 1. The number of nitrogens with two attached hydrogens (primary N) is 1. The minimum Gasteiger partial charge on any atom is -0.483 e. The first-order valence-corrected chi connectivity index (χ1v) is 6.36. The maximum Gasteiger partial charge on any atom is 0.166 e. The monoisotopic (exact) mass is 321 g/mol. The lowest BCUT2D eigenvalue weighted by atomic mass is 10.1. The van der Waals surface area contributed by atoms with E-state index in [9.17, 15) is 4.79 Å². The van der Waals surface area contributed by atoms with E-state index in [1.165, 1.54) is 6.92 Å². The first kappa shape index (κ1) is 13.5. The molecule has 0 unspecified atom stereocenters. The predicted molar refractivity (Wildman–Crippen MR) is 74.9 cm³/mol. The van der Waals surface area contributed by atoms with E-state index in [1.54, 1.807) is 30.6 Å². The first-order chi connectivity index (χ1) is 9.08. The summed E-state index contributed by atoms with van der Waals surface area (Å²) in [6.07, 6.45) is 3.25. The Hall–Kier alpha value is -1.95. The summed E-state index contributed by atoms with van der Waals surface area (Å²) in [5.41, 5.74) is 6.71. The van der Waals surface area contributed by atoms with Gasteiger partial charge < -0.3 is 10.5 Å². The highest BCUT2D eigenvalue weighted by Gasteiger charge is 2.14. The van der Waals surface area contributed by atoms with Gasteiger partial charge in [0.2, 0.25) is 0 Å². The van der Waals surface area contributed by atoms with Crippen LogP contribution in [0.2, 0.25) is 0 Å². The molecule has 0 saturated heterocycles. The van der Waals surface area contributed by atoms with Crippen molar-refractivity contribution in [3.05, 3.63) is 46.5 Å². The Morgan fingerprint density at radius 3 is 2.68 bits per heavy atom. The Balaban J connectivity index is 2.27. The number of benzene rings is 1. The lowest BCUT2D eigenvalue weighted by Gasteiger charge is -2.12. The Morgan fingerprint density at radius 1 is 1.37 bits per heavy atom. The Morgan fingerprint density at radius 2 is 2.05 bits per heavy atom. The zero-order valence-corrected chi connectivity index (χ0v) is 11.8. The zero-order valence-electron chi connectivity index (χ0n) is 10.3. The highest BCUT2D eigenvalue weighted by Crippen LogP contribution is 2.31. The number of carbonyl (C=O) groups is 1. The SMILES string of the molecule is CC(=O)c1cc(Br)cc(N)c1OCc1ncccn1. The van der Waals surface area contributed by atoms with E-state index in [1.807, 2.05) is 0 Å². The number of hydrogen-bond acceptors (Lipinski definition) is 5. The molecule has 0 spiro atoms. The molecule has 98 valence electrons. The van der Waals surface area contributed by atoms with E-state index in [0.717, 1.165) is 4.47 Å². The molecule has 6 heteroatoms. The van der Waals surface area contributed by atoms with Crippen molar-refractivity contribution in [1.82, 2.24) is 9.97 Å². The Labute approximate surface area is 119 Å². The van der Waals surface area contributed by atoms with Crippen molar-refractivity contribution in [1.29, 1.82) is 0 Å². The van der Waals surface area contributed by atoms with Crippen LogP contribution in [0, 0.1) is 0 Å². The lowest BCUT2D eigenvalue weighted by molar-refractivity contribution is 0.101. The molecule has 1 aromatic heterocycles. The third-order valence-corrected chi connectivity index (χ3v) is 2.88. The van der Waals surface area contributed by atoms with Gasteiger partial charge in [-0.1, -0.05) is 15.9 Å². The number of rotatable bonds is 4. The molecule has 0 radical (unpaired) electrons. The van der Waals surface area contributed by atoms with Crippen LogP contribution >= 0.6 is 15.9 Å². The molecular weight excluding hydrogens is 310 g/mol. The second kappa shape index (κ2) is 5.79. The highest BCUT2D eigenvalue weighted by atomic mass is 79.9. The molecule has 1 heterocycles. The van der Waals surface area contributed by atoms with Gasteiger partial charge in [-0.2, -0.15) is 0 Å². The van der Waals surface area contributed by atoms with E-state index in [4.69, 9.17) is 10.5 Å². The summed E-state index contributed by atoms with van der Waals surface area (Å²) in [6, 6.07) is 5.09.